The van der Waals surface area contributed by atoms with Gasteiger partial charge in [-0.3, -0.25) is 4.55 Å². The van der Waals surface area contributed by atoms with Crippen LogP contribution in [0.4, 0.5) is 17.6 Å². The quantitative estimate of drug-likeness (QED) is 0.724. The SMILES string of the molecule is Cc1cc(Nc2nc(N)nc(Cl)n2)ccc1S(=O)(=O)O. The van der Waals surface area contributed by atoms with Crippen molar-refractivity contribution in [1.29, 1.82) is 0 Å². The number of rotatable bonds is 3. The lowest BCUT2D eigenvalue weighted by Gasteiger charge is -2.08. The highest BCUT2D eigenvalue weighted by Crippen LogP contribution is 2.21. The number of nitrogen functional groups attached to an aromatic ring is 1. The molecule has 0 aliphatic heterocycles. The Morgan fingerprint density at radius 1 is 1.30 bits per heavy atom. The molecule has 0 atom stereocenters. The normalized spacial score (nSPS) is 11.3. The van der Waals surface area contributed by atoms with Crippen LogP contribution in [0.25, 0.3) is 0 Å². The van der Waals surface area contributed by atoms with E-state index >= 15 is 0 Å². The van der Waals surface area contributed by atoms with Crippen molar-refractivity contribution in [3.05, 3.63) is 29.0 Å². The van der Waals surface area contributed by atoms with E-state index in [9.17, 15) is 8.42 Å². The predicted molar refractivity (Wildman–Crippen MR) is 73.5 cm³/mol. The van der Waals surface area contributed by atoms with Crippen molar-refractivity contribution in [2.24, 2.45) is 0 Å². The maximum atomic E-state index is 11.1. The number of hydrogen-bond donors (Lipinski definition) is 3. The van der Waals surface area contributed by atoms with E-state index in [0.29, 0.717) is 11.3 Å². The van der Waals surface area contributed by atoms with Gasteiger partial charge in [-0.1, -0.05) is 0 Å². The minimum Gasteiger partial charge on any atom is -0.368 e. The summed E-state index contributed by atoms with van der Waals surface area (Å²) in [6.45, 7) is 1.54. The zero-order chi connectivity index (χ0) is 14.9. The summed E-state index contributed by atoms with van der Waals surface area (Å²) >= 11 is 5.64. The molecule has 0 bridgehead atoms. The van der Waals surface area contributed by atoms with E-state index in [1.54, 1.807) is 6.92 Å². The second kappa shape index (κ2) is 5.19. The molecular formula is C10H10ClN5O3S. The van der Waals surface area contributed by atoms with E-state index in [0.717, 1.165) is 0 Å². The summed E-state index contributed by atoms with van der Waals surface area (Å²) in [5.74, 6) is 0.0836. The Hall–Kier alpha value is -1.97. The lowest BCUT2D eigenvalue weighted by Crippen LogP contribution is -2.04. The second-order valence-electron chi connectivity index (χ2n) is 3.87. The van der Waals surface area contributed by atoms with Crippen LogP contribution >= 0.6 is 11.6 Å². The molecule has 4 N–H and O–H groups in total. The Bertz CT molecular complexity index is 745. The Morgan fingerprint density at radius 3 is 2.55 bits per heavy atom. The molecule has 0 radical (unpaired) electrons. The number of hydrogen-bond acceptors (Lipinski definition) is 7. The number of nitrogens with zero attached hydrogens (tertiary/aromatic N) is 3. The average Bonchev–Trinajstić information content (AvgIpc) is 2.25. The highest BCUT2D eigenvalue weighted by atomic mass is 35.5. The topological polar surface area (TPSA) is 131 Å². The molecule has 0 saturated heterocycles. The second-order valence-corrected chi connectivity index (χ2v) is 5.59. The molecule has 0 aliphatic rings. The lowest BCUT2D eigenvalue weighted by molar-refractivity contribution is 0.482. The van der Waals surface area contributed by atoms with Gasteiger partial charge in [-0.2, -0.15) is 23.4 Å². The van der Waals surface area contributed by atoms with E-state index in [-0.39, 0.29) is 22.1 Å². The summed E-state index contributed by atoms with van der Waals surface area (Å²) in [6.07, 6.45) is 0. The Balaban J connectivity index is 2.33. The summed E-state index contributed by atoms with van der Waals surface area (Å²) in [6, 6.07) is 4.22. The number of halogens is 1. The largest absolute Gasteiger partial charge is 0.368 e. The van der Waals surface area contributed by atoms with Gasteiger partial charge < -0.3 is 11.1 Å². The van der Waals surface area contributed by atoms with Crippen LogP contribution in [0.1, 0.15) is 5.56 Å². The first kappa shape index (κ1) is 14.4. The molecule has 20 heavy (non-hydrogen) atoms. The van der Waals surface area contributed by atoms with Crippen LogP contribution in [0.3, 0.4) is 0 Å². The minimum absolute atomic E-state index is 0.0428. The molecular weight excluding hydrogens is 306 g/mol. The van der Waals surface area contributed by atoms with Crippen LogP contribution in [-0.2, 0) is 10.1 Å². The monoisotopic (exact) mass is 315 g/mol. The Morgan fingerprint density at radius 2 is 2.00 bits per heavy atom. The van der Waals surface area contributed by atoms with E-state index in [4.69, 9.17) is 21.9 Å². The number of nitrogens with two attached hydrogens (primary N) is 1. The van der Waals surface area contributed by atoms with Gasteiger partial charge in [-0.05, 0) is 42.3 Å². The smallest absolute Gasteiger partial charge is 0.294 e. The van der Waals surface area contributed by atoms with Crippen LogP contribution in [0.15, 0.2) is 23.1 Å². The number of benzene rings is 1. The van der Waals surface area contributed by atoms with Crippen molar-refractivity contribution in [2.75, 3.05) is 11.1 Å². The van der Waals surface area contributed by atoms with Crippen molar-refractivity contribution < 1.29 is 13.0 Å². The molecule has 0 saturated carbocycles. The molecule has 0 fully saturated rings. The van der Waals surface area contributed by atoms with Gasteiger partial charge in [0.2, 0.25) is 17.2 Å². The van der Waals surface area contributed by atoms with E-state index in [2.05, 4.69) is 20.3 Å². The van der Waals surface area contributed by atoms with Gasteiger partial charge in [0.05, 0.1) is 4.90 Å². The molecule has 8 nitrogen and oxygen atoms in total. The maximum Gasteiger partial charge on any atom is 0.294 e. The van der Waals surface area contributed by atoms with Gasteiger partial charge in [0.25, 0.3) is 10.1 Å². The standard InChI is InChI=1S/C10H10ClN5O3S/c1-5-4-6(2-3-7(5)20(17,18)19)13-10-15-8(11)14-9(12)16-10/h2-4H,1H3,(H,17,18,19)(H3,12,13,14,15,16). The van der Waals surface area contributed by atoms with Crippen LogP contribution in [-0.4, -0.2) is 27.9 Å². The molecule has 0 spiro atoms. The van der Waals surface area contributed by atoms with E-state index in [1.807, 2.05) is 0 Å². The number of nitrogens with one attached hydrogen (secondary N) is 1. The Labute approximate surface area is 119 Å². The first-order valence-corrected chi connectivity index (χ1v) is 7.10. The van der Waals surface area contributed by atoms with Gasteiger partial charge in [-0.25, -0.2) is 0 Å². The van der Waals surface area contributed by atoms with Crippen LogP contribution in [0.5, 0.6) is 0 Å². The summed E-state index contributed by atoms with van der Waals surface area (Å²) < 4.78 is 31.2. The first-order valence-electron chi connectivity index (χ1n) is 5.28. The number of aryl methyl sites for hydroxylation is 1. The van der Waals surface area contributed by atoms with E-state index < -0.39 is 10.1 Å². The molecule has 10 heteroatoms. The molecule has 1 aromatic carbocycles. The van der Waals surface area contributed by atoms with Gasteiger partial charge >= 0.3 is 0 Å². The van der Waals surface area contributed by atoms with Crippen molar-refractivity contribution in [2.45, 2.75) is 11.8 Å². The van der Waals surface area contributed by atoms with Gasteiger partial charge in [0.1, 0.15) is 0 Å². The summed E-state index contributed by atoms with van der Waals surface area (Å²) in [5, 5.41) is 2.74. The molecule has 1 heterocycles. The highest BCUT2D eigenvalue weighted by molar-refractivity contribution is 7.85. The maximum absolute atomic E-state index is 11.1. The van der Waals surface area contributed by atoms with Crippen LogP contribution in [0.2, 0.25) is 5.28 Å². The molecule has 106 valence electrons. The molecule has 1 aromatic heterocycles. The molecule has 0 unspecified atom stereocenters. The van der Waals surface area contributed by atoms with Crippen molar-refractivity contribution in [3.63, 3.8) is 0 Å². The minimum atomic E-state index is -4.25. The third-order valence-corrected chi connectivity index (χ3v) is 3.52. The van der Waals surface area contributed by atoms with Gasteiger partial charge in [0.15, 0.2) is 0 Å². The zero-order valence-electron chi connectivity index (χ0n) is 10.2. The number of aromatic nitrogens is 3. The third kappa shape index (κ3) is 3.32. The fourth-order valence-electron chi connectivity index (χ4n) is 1.57. The molecule has 0 amide bonds. The summed E-state index contributed by atoms with van der Waals surface area (Å²) in [5.41, 5.74) is 6.30. The third-order valence-electron chi connectivity index (χ3n) is 2.33. The van der Waals surface area contributed by atoms with Crippen LogP contribution < -0.4 is 11.1 Å². The summed E-state index contributed by atoms with van der Waals surface area (Å²) in [7, 11) is -4.25. The summed E-state index contributed by atoms with van der Waals surface area (Å²) in [4.78, 5) is 11.1. The fraction of sp³-hybridized carbons (Fsp3) is 0.100. The van der Waals surface area contributed by atoms with Crippen LogP contribution in [0, 0.1) is 6.92 Å². The molecule has 0 aliphatic carbocycles. The van der Waals surface area contributed by atoms with Gasteiger partial charge in [0, 0.05) is 5.69 Å². The molecule has 2 rings (SSSR count). The highest BCUT2D eigenvalue weighted by Gasteiger charge is 2.13. The van der Waals surface area contributed by atoms with Crippen molar-refractivity contribution in [3.8, 4) is 0 Å². The lowest BCUT2D eigenvalue weighted by atomic mass is 10.2. The number of anilines is 3. The molecule has 2 aromatic rings. The average molecular weight is 316 g/mol. The zero-order valence-corrected chi connectivity index (χ0v) is 11.8. The van der Waals surface area contributed by atoms with E-state index in [1.165, 1.54) is 18.2 Å². The first-order chi connectivity index (χ1) is 9.25. The van der Waals surface area contributed by atoms with Crippen molar-refractivity contribution >= 4 is 39.3 Å². The Kier molecular flexibility index (Phi) is 3.75. The fourth-order valence-corrected chi connectivity index (χ4v) is 2.44. The van der Waals surface area contributed by atoms with Crippen molar-refractivity contribution in [1.82, 2.24) is 15.0 Å². The van der Waals surface area contributed by atoms with Gasteiger partial charge in [-0.15, -0.1) is 0 Å². The predicted octanol–water partition coefficient (Wildman–Crippen LogP) is 1.41.